The molecule has 0 atom stereocenters. The van der Waals surface area contributed by atoms with Crippen molar-refractivity contribution in [2.24, 2.45) is 0 Å². The lowest BCUT2D eigenvalue weighted by molar-refractivity contribution is -0.138. The van der Waals surface area contributed by atoms with Crippen LogP contribution < -0.4 is 4.74 Å². The van der Waals surface area contributed by atoms with Crippen LogP contribution in [-0.4, -0.2) is 18.5 Å². The normalized spacial score (nSPS) is 11.4. The number of benzene rings is 1. The van der Waals surface area contributed by atoms with Gasteiger partial charge in [0.25, 0.3) is 0 Å². The first-order valence-corrected chi connectivity index (χ1v) is 7.00. The van der Waals surface area contributed by atoms with Crippen LogP contribution in [0.1, 0.15) is 39.7 Å². The van der Waals surface area contributed by atoms with E-state index in [1.807, 2.05) is 39.8 Å². The van der Waals surface area contributed by atoms with E-state index >= 15 is 0 Å². The summed E-state index contributed by atoms with van der Waals surface area (Å²) in [5.41, 5.74) is 0.793. The van der Waals surface area contributed by atoms with Crippen molar-refractivity contribution in [3.63, 3.8) is 0 Å². The van der Waals surface area contributed by atoms with Crippen molar-refractivity contribution in [2.45, 2.75) is 39.5 Å². The molecule has 0 saturated carbocycles. The van der Waals surface area contributed by atoms with Crippen LogP contribution in [0.25, 0.3) is 0 Å². The molecule has 4 nitrogen and oxygen atoms in total. The Kier molecular flexibility index (Phi) is 6.15. The van der Waals surface area contributed by atoms with Crippen LogP contribution in [-0.2, 0) is 19.7 Å². The van der Waals surface area contributed by atoms with Crippen LogP contribution >= 0.6 is 0 Å². The molecule has 0 saturated heterocycles. The second-order valence-electron chi connectivity index (χ2n) is 5.67. The Morgan fingerprint density at radius 1 is 1.10 bits per heavy atom. The van der Waals surface area contributed by atoms with Crippen LogP contribution in [0, 0.1) is 0 Å². The van der Waals surface area contributed by atoms with Crippen molar-refractivity contribution >= 4 is 11.9 Å². The molecular weight excluding hydrogens is 268 g/mol. The highest BCUT2D eigenvalue weighted by Crippen LogP contribution is 2.30. The molecule has 21 heavy (non-hydrogen) atoms. The van der Waals surface area contributed by atoms with E-state index in [-0.39, 0.29) is 5.41 Å². The number of esters is 2. The van der Waals surface area contributed by atoms with E-state index in [0.29, 0.717) is 12.4 Å². The second kappa shape index (κ2) is 7.62. The van der Waals surface area contributed by atoms with Gasteiger partial charge in [0, 0.05) is 17.7 Å². The molecule has 1 aromatic rings. The van der Waals surface area contributed by atoms with Gasteiger partial charge in [-0.15, -0.1) is 0 Å². The first-order valence-electron chi connectivity index (χ1n) is 7.00. The minimum atomic E-state index is -0.597. The summed E-state index contributed by atoms with van der Waals surface area (Å²) >= 11 is 0. The Hall–Kier alpha value is -2.10. The topological polar surface area (TPSA) is 52.6 Å². The molecule has 0 heterocycles. The van der Waals surface area contributed by atoms with Gasteiger partial charge in [-0.1, -0.05) is 45.9 Å². The lowest BCUT2D eigenvalue weighted by Gasteiger charge is -2.21. The molecule has 0 aromatic heterocycles. The predicted octanol–water partition coefficient (Wildman–Crippen LogP) is 3.40. The summed E-state index contributed by atoms with van der Waals surface area (Å²) in [5, 5.41) is 0. The Bertz CT molecular complexity index is 524. The van der Waals surface area contributed by atoms with Crippen LogP contribution in [0.2, 0.25) is 0 Å². The molecule has 4 heteroatoms. The zero-order valence-corrected chi connectivity index (χ0v) is 13.0. The molecule has 0 fully saturated rings. The highest BCUT2D eigenvalue weighted by molar-refractivity contribution is 5.92. The minimum Gasteiger partial charge on any atom is -0.463 e. The molecule has 114 valence electrons. The quantitative estimate of drug-likeness (QED) is 0.474. The highest BCUT2D eigenvalue weighted by atomic mass is 16.5. The van der Waals surface area contributed by atoms with Crippen LogP contribution in [0.5, 0.6) is 5.75 Å². The van der Waals surface area contributed by atoms with Gasteiger partial charge in [-0.2, -0.15) is 0 Å². The molecule has 1 rings (SSSR count). The summed E-state index contributed by atoms with van der Waals surface area (Å²) < 4.78 is 10.1. The van der Waals surface area contributed by atoms with Crippen molar-refractivity contribution in [1.82, 2.24) is 0 Å². The van der Waals surface area contributed by atoms with E-state index in [1.54, 1.807) is 12.1 Å². The van der Waals surface area contributed by atoms with Crippen molar-refractivity contribution in [3.05, 3.63) is 42.0 Å². The van der Waals surface area contributed by atoms with Gasteiger partial charge in [0.2, 0.25) is 0 Å². The summed E-state index contributed by atoms with van der Waals surface area (Å²) in [5.74, 6) is -0.639. The Morgan fingerprint density at radius 3 is 2.33 bits per heavy atom. The van der Waals surface area contributed by atoms with Gasteiger partial charge >= 0.3 is 11.9 Å². The fraction of sp³-hybridized carbons (Fsp3) is 0.412. The molecule has 0 radical (unpaired) electrons. The maximum absolute atomic E-state index is 11.8. The molecule has 0 aliphatic rings. The van der Waals surface area contributed by atoms with E-state index in [4.69, 9.17) is 9.47 Å². The third kappa shape index (κ3) is 5.81. The molecule has 0 unspecified atom stereocenters. The van der Waals surface area contributed by atoms with Gasteiger partial charge in [-0.25, -0.2) is 9.59 Å². The minimum absolute atomic E-state index is 0.138. The summed E-state index contributed by atoms with van der Waals surface area (Å²) in [6.45, 7) is 8.35. The summed E-state index contributed by atoms with van der Waals surface area (Å²) in [4.78, 5) is 23.0. The molecule has 0 aliphatic heterocycles. The Labute approximate surface area is 125 Å². The van der Waals surface area contributed by atoms with Gasteiger partial charge in [0.05, 0.1) is 6.61 Å². The number of carbonyl (C=O) groups is 2. The molecule has 1 aromatic carbocycles. The van der Waals surface area contributed by atoms with Crippen molar-refractivity contribution in [2.75, 3.05) is 6.61 Å². The standard InChI is InChI=1S/C17H22O4/c1-5-12-20-15(18)10-11-16(19)21-14-9-7-6-8-13(14)17(2,3)4/h6-11H,5,12H2,1-4H3/b11-10+. The van der Waals surface area contributed by atoms with E-state index in [0.717, 1.165) is 24.1 Å². The molecule has 0 spiro atoms. The predicted molar refractivity (Wildman–Crippen MR) is 81.2 cm³/mol. The van der Waals surface area contributed by atoms with E-state index in [2.05, 4.69) is 0 Å². The Morgan fingerprint density at radius 2 is 1.71 bits per heavy atom. The fourth-order valence-corrected chi connectivity index (χ4v) is 1.70. The third-order valence-electron chi connectivity index (χ3n) is 2.71. The first kappa shape index (κ1) is 17.0. The number of carbonyl (C=O) groups excluding carboxylic acids is 2. The second-order valence-corrected chi connectivity index (χ2v) is 5.67. The number of para-hydroxylation sites is 1. The number of hydrogen-bond acceptors (Lipinski definition) is 4. The largest absolute Gasteiger partial charge is 0.463 e. The zero-order chi connectivity index (χ0) is 15.9. The van der Waals surface area contributed by atoms with E-state index in [9.17, 15) is 9.59 Å². The summed E-state index contributed by atoms with van der Waals surface area (Å²) in [6.07, 6.45) is 2.90. The maximum Gasteiger partial charge on any atom is 0.336 e. The van der Waals surface area contributed by atoms with Crippen molar-refractivity contribution < 1.29 is 19.1 Å². The van der Waals surface area contributed by atoms with Crippen LogP contribution in [0.4, 0.5) is 0 Å². The van der Waals surface area contributed by atoms with E-state index in [1.165, 1.54) is 0 Å². The highest BCUT2D eigenvalue weighted by Gasteiger charge is 2.19. The Balaban J connectivity index is 2.72. The molecule has 0 bridgehead atoms. The molecular formula is C17H22O4. The van der Waals surface area contributed by atoms with Gasteiger partial charge in [-0.05, 0) is 17.9 Å². The van der Waals surface area contributed by atoms with Gasteiger partial charge in [0.15, 0.2) is 0 Å². The molecule has 0 aliphatic carbocycles. The number of ether oxygens (including phenoxy) is 2. The van der Waals surface area contributed by atoms with E-state index < -0.39 is 11.9 Å². The average molecular weight is 290 g/mol. The van der Waals surface area contributed by atoms with Crippen molar-refractivity contribution in [1.29, 1.82) is 0 Å². The smallest absolute Gasteiger partial charge is 0.336 e. The average Bonchev–Trinajstić information content (AvgIpc) is 2.42. The molecule has 0 amide bonds. The van der Waals surface area contributed by atoms with Gasteiger partial charge < -0.3 is 9.47 Å². The third-order valence-corrected chi connectivity index (χ3v) is 2.71. The monoisotopic (exact) mass is 290 g/mol. The van der Waals surface area contributed by atoms with Crippen LogP contribution in [0.15, 0.2) is 36.4 Å². The van der Waals surface area contributed by atoms with Crippen molar-refractivity contribution in [3.8, 4) is 5.75 Å². The SMILES string of the molecule is CCCOC(=O)/C=C/C(=O)Oc1ccccc1C(C)(C)C. The number of hydrogen-bond donors (Lipinski definition) is 0. The zero-order valence-electron chi connectivity index (χ0n) is 13.0. The lowest BCUT2D eigenvalue weighted by Crippen LogP contribution is -2.15. The molecule has 0 N–H and O–H groups in total. The lowest BCUT2D eigenvalue weighted by atomic mass is 9.86. The number of rotatable bonds is 5. The fourth-order valence-electron chi connectivity index (χ4n) is 1.70. The first-order chi connectivity index (χ1) is 9.84. The van der Waals surface area contributed by atoms with Gasteiger partial charge in [-0.3, -0.25) is 0 Å². The maximum atomic E-state index is 11.8. The summed E-state index contributed by atoms with van der Waals surface area (Å²) in [6, 6.07) is 7.36. The van der Waals surface area contributed by atoms with Gasteiger partial charge in [0.1, 0.15) is 5.75 Å². The van der Waals surface area contributed by atoms with Crippen LogP contribution in [0.3, 0.4) is 0 Å². The summed E-state index contributed by atoms with van der Waals surface area (Å²) in [7, 11) is 0.